The van der Waals surface area contributed by atoms with E-state index in [0.29, 0.717) is 33.8 Å². The summed E-state index contributed by atoms with van der Waals surface area (Å²) in [5.74, 6) is -1.15. The molecule has 0 radical (unpaired) electrons. The molecule has 1 aromatic heterocycles. The van der Waals surface area contributed by atoms with Gasteiger partial charge in [-0.05, 0) is 17.7 Å². The topological polar surface area (TPSA) is 73.1 Å². The molecule has 1 aliphatic heterocycles. The van der Waals surface area contributed by atoms with Crippen LogP contribution in [0, 0.1) is 5.82 Å². The van der Waals surface area contributed by atoms with Gasteiger partial charge in [0.1, 0.15) is 11.6 Å². The van der Waals surface area contributed by atoms with Gasteiger partial charge in [0.25, 0.3) is 5.56 Å². The fourth-order valence-electron chi connectivity index (χ4n) is 4.28. The van der Waals surface area contributed by atoms with Crippen LogP contribution in [0.4, 0.5) is 10.2 Å². The highest BCUT2D eigenvalue weighted by Crippen LogP contribution is 2.47. The van der Waals surface area contributed by atoms with Crippen LogP contribution in [-0.2, 0) is 14.1 Å². The van der Waals surface area contributed by atoms with Crippen LogP contribution >= 0.6 is 0 Å². The molecule has 6 nitrogen and oxygen atoms in total. The molecule has 1 aliphatic carbocycles. The minimum atomic E-state index is -0.789. The highest BCUT2D eigenvalue weighted by Gasteiger charge is 2.42. The first kappa shape index (κ1) is 17.4. The number of allylic oxidation sites excluding steroid dienone is 1. The Morgan fingerprint density at radius 3 is 2.38 bits per heavy atom. The minimum Gasteiger partial charge on any atom is -0.340 e. The number of carbonyl (C=O) groups is 1. The number of hydrogen-bond acceptors (Lipinski definition) is 4. The van der Waals surface area contributed by atoms with E-state index < -0.39 is 23.0 Å². The highest BCUT2D eigenvalue weighted by atomic mass is 19.1. The molecule has 1 N–H and O–H groups in total. The van der Waals surface area contributed by atoms with Crippen LogP contribution in [-0.4, -0.2) is 14.9 Å². The molecule has 0 unspecified atom stereocenters. The Kier molecular flexibility index (Phi) is 3.52. The smallest absolute Gasteiger partial charge is 0.332 e. The molecule has 2 aliphatic rings. The average Bonchev–Trinajstić information content (AvgIpc) is 3.01. The molecule has 3 aromatic rings. The summed E-state index contributed by atoms with van der Waals surface area (Å²) < 4.78 is 16.4. The molecule has 0 bridgehead atoms. The van der Waals surface area contributed by atoms with E-state index in [9.17, 15) is 18.8 Å². The third-order valence-electron chi connectivity index (χ3n) is 5.66. The summed E-state index contributed by atoms with van der Waals surface area (Å²) in [6.07, 6.45) is 0. The van der Waals surface area contributed by atoms with Crippen molar-refractivity contribution in [3.63, 3.8) is 0 Å². The lowest BCUT2D eigenvalue weighted by Crippen LogP contribution is -2.42. The Hall–Kier alpha value is -3.74. The molecule has 29 heavy (non-hydrogen) atoms. The molecule has 144 valence electrons. The summed E-state index contributed by atoms with van der Waals surface area (Å²) in [5, 5.41) is 3.15. The van der Waals surface area contributed by atoms with Gasteiger partial charge in [-0.2, -0.15) is 0 Å². The summed E-state index contributed by atoms with van der Waals surface area (Å²) >= 11 is 0. The van der Waals surface area contributed by atoms with E-state index in [1.54, 1.807) is 31.3 Å². The fourth-order valence-corrected chi connectivity index (χ4v) is 4.28. The van der Waals surface area contributed by atoms with E-state index in [1.807, 2.05) is 12.1 Å². The van der Waals surface area contributed by atoms with E-state index in [-0.39, 0.29) is 11.3 Å². The van der Waals surface area contributed by atoms with Gasteiger partial charge < -0.3 is 5.32 Å². The largest absolute Gasteiger partial charge is 0.340 e. The van der Waals surface area contributed by atoms with Crippen LogP contribution in [0.5, 0.6) is 0 Å². The zero-order valence-electron chi connectivity index (χ0n) is 15.7. The van der Waals surface area contributed by atoms with Gasteiger partial charge in [0.2, 0.25) is 0 Å². The fraction of sp³-hybridized carbons (Fsp3) is 0.136. The van der Waals surface area contributed by atoms with Crippen LogP contribution in [0.15, 0.2) is 63.7 Å². The number of nitrogens with one attached hydrogen (secondary N) is 1. The lowest BCUT2D eigenvalue weighted by atomic mass is 9.81. The molecule has 2 heterocycles. The highest BCUT2D eigenvalue weighted by molar-refractivity contribution is 6.23. The van der Waals surface area contributed by atoms with E-state index in [1.165, 1.54) is 23.7 Å². The van der Waals surface area contributed by atoms with E-state index >= 15 is 0 Å². The third-order valence-corrected chi connectivity index (χ3v) is 5.66. The molecule has 7 heteroatoms. The second-order valence-electron chi connectivity index (χ2n) is 7.24. The minimum absolute atomic E-state index is 0.209. The quantitative estimate of drug-likeness (QED) is 0.694. The van der Waals surface area contributed by atoms with Gasteiger partial charge >= 0.3 is 5.69 Å². The second-order valence-corrected chi connectivity index (χ2v) is 7.24. The molecule has 0 saturated heterocycles. The van der Waals surface area contributed by atoms with Gasteiger partial charge in [0.05, 0.1) is 11.3 Å². The Labute approximate surface area is 164 Å². The van der Waals surface area contributed by atoms with Crippen LogP contribution in [0.2, 0.25) is 0 Å². The van der Waals surface area contributed by atoms with Crippen molar-refractivity contribution in [1.82, 2.24) is 9.13 Å². The van der Waals surface area contributed by atoms with E-state index in [4.69, 9.17) is 0 Å². The number of benzene rings is 2. The standard InChI is InChI=1S/C22H16FN3O3/c1-25-20-17(21(28)26(2)22(25)29)15(11-6-5-7-12(23)10-11)16-18(24-20)13-8-3-4-9-14(13)19(16)27/h3-10,15,24H,1-2H3/t15-/m0/s1. The molecule has 0 spiro atoms. The predicted octanol–water partition coefficient (Wildman–Crippen LogP) is 2.39. The van der Waals surface area contributed by atoms with Crippen molar-refractivity contribution in [3.8, 4) is 0 Å². The van der Waals surface area contributed by atoms with Crippen LogP contribution in [0.3, 0.4) is 0 Å². The normalized spacial score (nSPS) is 16.9. The zero-order valence-corrected chi connectivity index (χ0v) is 15.7. The Morgan fingerprint density at radius 1 is 0.931 bits per heavy atom. The lowest BCUT2D eigenvalue weighted by Gasteiger charge is -2.29. The van der Waals surface area contributed by atoms with Crippen LogP contribution in [0.1, 0.15) is 33.0 Å². The average molecular weight is 389 g/mol. The number of nitrogens with zero attached hydrogens (tertiary/aromatic N) is 2. The summed E-state index contributed by atoms with van der Waals surface area (Å²) in [4.78, 5) is 38.9. The maximum absolute atomic E-state index is 14.1. The van der Waals surface area contributed by atoms with Gasteiger partial charge in [0, 0.05) is 36.7 Å². The predicted molar refractivity (Wildman–Crippen MR) is 106 cm³/mol. The number of rotatable bonds is 1. The summed E-state index contributed by atoms with van der Waals surface area (Å²) in [6, 6.07) is 13.0. The Morgan fingerprint density at radius 2 is 1.66 bits per heavy atom. The van der Waals surface area contributed by atoms with Crippen molar-refractivity contribution in [3.05, 3.63) is 103 Å². The number of Topliss-reactive ketones (excluding diaryl/α,β-unsaturated/α-hetero) is 1. The number of aromatic nitrogens is 2. The Bertz CT molecular complexity index is 1380. The number of halogens is 1. The third kappa shape index (κ3) is 2.24. The van der Waals surface area contributed by atoms with Crippen molar-refractivity contribution >= 4 is 17.3 Å². The van der Waals surface area contributed by atoms with E-state index in [2.05, 4.69) is 5.32 Å². The van der Waals surface area contributed by atoms with Gasteiger partial charge in [-0.3, -0.25) is 18.7 Å². The molecular formula is C22H16FN3O3. The van der Waals surface area contributed by atoms with Gasteiger partial charge in [-0.1, -0.05) is 36.4 Å². The van der Waals surface area contributed by atoms with Crippen molar-refractivity contribution in [2.75, 3.05) is 5.32 Å². The van der Waals surface area contributed by atoms with Crippen molar-refractivity contribution < 1.29 is 9.18 Å². The lowest BCUT2D eigenvalue weighted by molar-refractivity contribution is 0.103. The SMILES string of the molecule is Cn1c2c(c(=O)n(C)c1=O)[C@@H](c1cccc(F)c1)C1=C(N2)c2ccccc2C1=O. The van der Waals surface area contributed by atoms with Crippen molar-refractivity contribution in [2.24, 2.45) is 14.1 Å². The first-order chi connectivity index (χ1) is 13.9. The number of ketones is 1. The molecule has 5 rings (SSSR count). The molecule has 2 aromatic carbocycles. The first-order valence-electron chi connectivity index (χ1n) is 9.10. The monoisotopic (exact) mass is 389 g/mol. The number of anilines is 1. The maximum Gasteiger partial charge on any atom is 0.332 e. The van der Waals surface area contributed by atoms with Gasteiger partial charge in [-0.15, -0.1) is 0 Å². The molecular weight excluding hydrogens is 373 g/mol. The summed E-state index contributed by atoms with van der Waals surface area (Å²) in [6.45, 7) is 0. The maximum atomic E-state index is 14.1. The zero-order chi connectivity index (χ0) is 20.4. The summed E-state index contributed by atoms with van der Waals surface area (Å²) in [7, 11) is 2.95. The second kappa shape index (κ2) is 5.88. The molecule has 1 atom stereocenters. The molecule has 0 saturated carbocycles. The Balaban J connectivity index is 1.90. The van der Waals surface area contributed by atoms with Crippen LogP contribution in [0.25, 0.3) is 5.70 Å². The van der Waals surface area contributed by atoms with Crippen LogP contribution < -0.4 is 16.6 Å². The van der Waals surface area contributed by atoms with Gasteiger partial charge in [-0.25, -0.2) is 9.18 Å². The number of fused-ring (bicyclic) bond motifs is 3. The summed E-state index contributed by atoms with van der Waals surface area (Å²) in [5.41, 5.74) is 1.89. The molecule has 0 amide bonds. The van der Waals surface area contributed by atoms with Crippen molar-refractivity contribution in [1.29, 1.82) is 0 Å². The number of hydrogen-bond donors (Lipinski definition) is 1. The van der Waals surface area contributed by atoms with Gasteiger partial charge in [0.15, 0.2) is 5.78 Å². The number of carbonyl (C=O) groups excluding carboxylic acids is 1. The van der Waals surface area contributed by atoms with Crippen molar-refractivity contribution in [2.45, 2.75) is 5.92 Å². The molecule has 0 fully saturated rings. The van der Waals surface area contributed by atoms with E-state index in [0.717, 1.165) is 4.57 Å². The first-order valence-corrected chi connectivity index (χ1v) is 9.10.